The van der Waals surface area contributed by atoms with Gasteiger partial charge in [0, 0.05) is 18.0 Å². The Bertz CT molecular complexity index is 789. The predicted molar refractivity (Wildman–Crippen MR) is 149 cm³/mol. The molecule has 6 heteroatoms. The number of ketones is 1. The van der Waals surface area contributed by atoms with Crippen molar-refractivity contribution in [1.82, 2.24) is 10.1 Å². The van der Waals surface area contributed by atoms with E-state index in [1.165, 1.54) is 0 Å². The molecule has 0 aromatic rings. The first-order valence-corrected chi connectivity index (χ1v) is 13.6. The van der Waals surface area contributed by atoms with Crippen LogP contribution in [0.1, 0.15) is 122 Å². The van der Waals surface area contributed by atoms with E-state index in [-0.39, 0.29) is 46.6 Å². The fourth-order valence-electron chi connectivity index (χ4n) is 6.86. The van der Waals surface area contributed by atoms with Crippen LogP contribution in [0.5, 0.6) is 0 Å². The van der Waals surface area contributed by atoms with E-state index in [2.05, 4.69) is 79.4 Å². The molecule has 5 nitrogen and oxygen atoms in total. The van der Waals surface area contributed by atoms with Crippen LogP contribution in [0.15, 0.2) is 0 Å². The summed E-state index contributed by atoms with van der Waals surface area (Å²) in [5.41, 5.74) is -1.82. The maximum Gasteiger partial charge on any atom is 0.286 e. The van der Waals surface area contributed by atoms with Gasteiger partial charge in [-0.3, -0.25) is 9.69 Å². The molecule has 0 amide bonds. The molecular weight excluding hydrogens is 435 g/mol. The van der Waals surface area contributed by atoms with E-state index in [0.29, 0.717) is 12.8 Å². The van der Waals surface area contributed by atoms with Gasteiger partial charge in [0.15, 0.2) is 0 Å². The second-order valence-electron chi connectivity index (χ2n) is 14.7. The van der Waals surface area contributed by atoms with Crippen LogP contribution in [0.2, 0.25) is 0 Å². The summed E-state index contributed by atoms with van der Waals surface area (Å²) in [4.78, 5) is 41.0. The molecule has 0 saturated carbocycles. The molecule has 3 atom stereocenters. The number of nitrogens with zero attached hydrogens (tertiary/aromatic N) is 1. The minimum absolute atomic E-state index is 0.0120. The molecule has 1 saturated heterocycles. The zero-order valence-electron chi connectivity index (χ0n) is 25.3. The lowest BCUT2D eigenvalue weighted by Crippen LogP contribution is -2.66. The molecule has 1 N–H and O–H groups in total. The molecule has 0 radical (unpaired) electrons. The lowest BCUT2D eigenvalue weighted by Gasteiger charge is -2.56. The van der Waals surface area contributed by atoms with Gasteiger partial charge < -0.3 is 14.8 Å². The van der Waals surface area contributed by atoms with Crippen LogP contribution in [0.25, 0.3) is 0 Å². The first kappa shape index (κ1) is 32.0. The van der Waals surface area contributed by atoms with Crippen LogP contribution in [-0.4, -0.2) is 53.2 Å². The van der Waals surface area contributed by atoms with E-state index in [9.17, 15) is 14.4 Å². The molecule has 202 valence electrons. The average Bonchev–Trinajstić information content (AvgIpc) is 2.70. The van der Waals surface area contributed by atoms with Crippen LogP contribution in [0.4, 0.5) is 0 Å². The molecule has 1 aliphatic heterocycles. The van der Waals surface area contributed by atoms with Gasteiger partial charge in [-0.25, -0.2) is 0 Å². The topological polar surface area (TPSA) is 66.5 Å². The van der Waals surface area contributed by atoms with Crippen LogP contribution < -0.4 is 5.23 Å². The Balaban J connectivity index is 3.55. The monoisotopic (exact) mass is 490 g/mol. The zero-order valence-corrected chi connectivity index (χ0v) is 25.3. The quantitative estimate of drug-likeness (QED) is 0.340. The minimum Gasteiger partial charge on any atom is -0.341 e. The summed E-state index contributed by atoms with van der Waals surface area (Å²) < 4.78 is 0. The van der Waals surface area contributed by atoms with E-state index in [0.717, 1.165) is 32.1 Å². The van der Waals surface area contributed by atoms with Crippen molar-refractivity contribution in [1.29, 1.82) is 0 Å². The molecule has 0 aromatic carbocycles. The second-order valence-corrected chi connectivity index (χ2v) is 14.7. The molecule has 1 rings (SSSR count). The van der Waals surface area contributed by atoms with Gasteiger partial charge in [0.25, 0.3) is 7.41 Å². The molecule has 3 unspecified atom stereocenters. The number of Topliss-reactive ketones (excluding diaryl/α,β-unsaturated/α-hetero) is 1. The summed E-state index contributed by atoms with van der Waals surface area (Å²) in [7, 11) is 0.160. The SMILES string of the molecule is CCC(C)(NBC(=O)C(C)(CC)N1CC(C)(C)CC(C)(C)CC(C=O)C(C)(C)CC1(C)C)C(C)=O. The zero-order chi connectivity index (χ0) is 27.7. The molecule has 0 aromatic heterocycles. The van der Waals surface area contributed by atoms with E-state index in [1.807, 2.05) is 13.8 Å². The minimum atomic E-state index is -0.700. The van der Waals surface area contributed by atoms with Gasteiger partial charge in [0.1, 0.15) is 17.8 Å². The van der Waals surface area contributed by atoms with Crippen molar-refractivity contribution in [3.63, 3.8) is 0 Å². The number of aldehydes is 1. The van der Waals surface area contributed by atoms with Gasteiger partial charge in [-0.05, 0) is 83.0 Å². The Morgan fingerprint density at radius 1 is 0.971 bits per heavy atom. The Hall–Kier alpha value is -1.01. The number of hydrogen-bond donors (Lipinski definition) is 1. The first-order chi connectivity index (χ1) is 15.6. The lowest BCUT2D eigenvalue weighted by molar-refractivity contribution is -0.135. The van der Waals surface area contributed by atoms with Gasteiger partial charge in [0.05, 0.1) is 11.1 Å². The van der Waals surface area contributed by atoms with Gasteiger partial charge in [0.2, 0.25) is 0 Å². The molecule has 0 spiro atoms. The van der Waals surface area contributed by atoms with Crippen LogP contribution in [-0.2, 0) is 14.4 Å². The molecule has 1 aliphatic rings. The van der Waals surface area contributed by atoms with E-state index >= 15 is 0 Å². The highest BCUT2D eigenvalue weighted by Crippen LogP contribution is 2.49. The summed E-state index contributed by atoms with van der Waals surface area (Å²) >= 11 is 0. The Kier molecular flexibility index (Phi) is 9.86. The molecule has 35 heavy (non-hydrogen) atoms. The highest BCUT2D eigenvalue weighted by atomic mass is 16.1. The normalized spacial score (nSPS) is 27.6. The largest absolute Gasteiger partial charge is 0.341 e. The van der Waals surface area contributed by atoms with E-state index in [1.54, 1.807) is 6.92 Å². The average molecular weight is 491 g/mol. The van der Waals surface area contributed by atoms with Gasteiger partial charge in [-0.1, -0.05) is 55.4 Å². The fraction of sp³-hybridized carbons (Fsp3) is 0.897. The van der Waals surface area contributed by atoms with E-state index < -0.39 is 11.1 Å². The van der Waals surface area contributed by atoms with Gasteiger partial charge in [-0.2, -0.15) is 0 Å². The van der Waals surface area contributed by atoms with E-state index in [4.69, 9.17) is 0 Å². The summed E-state index contributed by atoms with van der Waals surface area (Å²) in [6.45, 7) is 28.4. The summed E-state index contributed by atoms with van der Waals surface area (Å²) in [5, 5.41) is 3.30. The van der Waals surface area contributed by atoms with Crippen molar-refractivity contribution in [3.05, 3.63) is 0 Å². The Labute approximate surface area is 217 Å². The standard InChI is InChI=1S/C29H55BN2O3/c1-14-28(12,21(3)34)31-30-23(35)29(13,15-2)32-20-25(6,7)18-24(4,5)16-22(17-33)26(8,9)19-27(32,10)11/h17,22,30-31H,14-16,18-20H2,1-13H3. The fourth-order valence-corrected chi connectivity index (χ4v) is 6.86. The molecule has 1 heterocycles. The summed E-state index contributed by atoms with van der Waals surface area (Å²) in [6, 6.07) is 0. The third-order valence-electron chi connectivity index (χ3n) is 9.11. The smallest absolute Gasteiger partial charge is 0.286 e. The number of hydrogen-bond acceptors (Lipinski definition) is 5. The summed E-state index contributed by atoms with van der Waals surface area (Å²) in [6.07, 6.45) is 5.13. The van der Waals surface area contributed by atoms with Crippen molar-refractivity contribution in [2.24, 2.45) is 22.2 Å². The third-order valence-corrected chi connectivity index (χ3v) is 9.11. The second kappa shape index (κ2) is 10.8. The number of carbonyl (C=O) groups is 3. The van der Waals surface area contributed by atoms with Crippen LogP contribution in [0, 0.1) is 22.2 Å². The summed E-state index contributed by atoms with van der Waals surface area (Å²) in [5.74, 6) is 0.00829. The maximum atomic E-state index is 14.0. The Morgan fingerprint density at radius 3 is 1.94 bits per heavy atom. The van der Waals surface area contributed by atoms with Crippen molar-refractivity contribution in [2.75, 3.05) is 6.54 Å². The molecular formula is C29H55BN2O3. The van der Waals surface area contributed by atoms with Crippen molar-refractivity contribution in [2.45, 2.75) is 139 Å². The predicted octanol–water partition coefficient (Wildman–Crippen LogP) is 5.54. The number of rotatable bonds is 9. The molecule has 0 bridgehead atoms. The molecule has 1 fully saturated rings. The Morgan fingerprint density at radius 2 is 1.51 bits per heavy atom. The molecule has 0 aliphatic carbocycles. The van der Waals surface area contributed by atoms with Gasteiger partial charge in [-0.15, -0.1) is 0 Å². The number of carbonyl (C=O) groups excluding carboxylic acids is 3. The van der Waals surface area contributed by atoms with Gasteiger partial charge >= 0.3 is 0 Å². The van der Waals surface area contributed by atoms with Crippen LogP contribution in [0.3, 0.4) is 0 Å². The van der Waals surface area contributed by atoms with Crippen molar-refractivity contribution in [3.8, 4) is 0 Å². The first-order valence-electron chi connectivity index (χ1n) is 13.6. The third kappa shape index (κ3) is 7.50. The lowest BCUT2D eigenvalue weighted by atomic mass is 9.60. The highest BCUT2D eigenvalue weighted by molar-refractivity contribution is 6.74. The maximum absolute atomic E-state index is 14.0. The number of nitrogens with one attached hydrogen (secondary N) is 1. The van der Waals surface area contributed by atoms with Crippen molar-refractivity contribution >= 4 is 25.2 Å². The van der Waals surface area contributed by atoms with Crippen molar-refractivity contribution < 1.29 is 14.4 Å². The highest BCUT2D eigenvalue weighted by Gasteiger charge is 2.51. The van der Waals surface area contributed by atoms with Crippen LogP contribution >= 0.6 is 0 Å².